The highest BCUT2D eigenvalue weighted by Gasteiger charge is 2.43. The van der Waals surface area contributed by atoms with Gasteiger partial charge in [0.25, 0.3) is 0 Å². The first-order valence-electron chi connectivity index (χ1n) is 25.3. The largest absolute Gasteiger partial charge is 0.359 e. The molecule has 400 valence electrons. The second-order valence-electron chi connectivity index (χ2n) is 18.7. The minimum absolute atomic E-state index is 0.153. The summed E-state index contributed by atoms with van der Waals surface area (Å²) in [6, 6.07) is 49.7. The predicted molar refractivity (Wildman–Crippen MR) is 317 cm³/mol. The first kappa shape index (κ1) is 59.7. The van der Waals surface area contributed by atoms with Gasteiger partial charge in [0.2, 0.25) is 0 Å². The molecule has 0 fully saturated rings. The van der Waals surface area contributed by atoms with Gasteiger partial charge < -0.3 is 18.9 Å². The van der Waals surface area contributed by atoms with E-state index in [0.717, 1.165) is 43.2 Å². The molecule has 0 heterocycles. The van der Waals surface area contributed by atoms with Crippen LogP contribution in [0.15, 0.2) is 225 Å². The Morgan fingerprint density at radius 1 is 0.487 bits per heavy atom. The number of rotatable bonds is 28. The second-order valence-corrected chi connectivity index (χ2v) is 24.6. The standard InChI is InChI=1S/C64H72O8S4/c1-47-29-37-53(38-30-47)59(61(71-45-69-5)63(75(65,66)57-23-11-9-12-24-57)49(3)19-17-21-51-33-41-55(73-7)42-34-51)27-15-16-28-60(54-39-31-48(2)32-40-54)62(72-46-70-6)64(76(67,68)58-25-13-10-14-26-58)50(4)20-18-22-52-35-43-56(74-8)44-36-52/h9-26,29-44,59-64H,27-28,45-46H2,1-8H3/b16-15+,21-17+,22-18+,49-19+,50-20+. The molecule has 12 heteroatoms. The van der Waals surface area contributed by atoms with Crippen LogP contribution in [0.3, 0.4) is 0 Å². The molecule has 0 aliphatic carbocycles. The van der Waals surface area contributed by atoms with Crippen LogP contribution in [0.4, 0.5) is 0 Å². The lowest BCUT2D eigenvalue weighted by Crippen LogP contribution is -2.42. The summed E-state index contributed by atoms with van der Waals surface area (Å²) in [6.45, 7) is 7.42. The van der Waals surface area contributed by atoms with E-state index in [9.17, 15) is 0 Å². The molecule has 6 aromatic carbocycles. The van der Waals surface area contributed by atoms with E-state index in [4.69, 9.17) is 18.9 Å². The number of allylic oxidation sites excluding steroid dienone is 6. The number of thioether (sulfide) groups is 2. The fraction of sp³-hybridized carbons (Fsp3) is 0.281. The molecule has 0 N–H and O–H groups in total. The van der Waals surface area contributed by atoms with Crippen LogP contribution in [0.25, 0.3) is 12.2 Å². The SMILES string of the molecule is COCOC(C(C/C=C/CC(c1ccc(C)cc1)C(OCOC)C(/C(C)=C/C=C/c1ccc(SC)cc1)S(=O)(=O)c1ccccc1)c1ccc(C)cc1)C(/C(C)=C/C=C/c1ccc(SC)cc1)S(=O)(=O)c1ccccc1. The lowest BCUT2D eigenvalue weighted by molar-refractivity contribution is -0.0789. The molecule has 76 heavy (non-hydrogen) atoms. The zero-order valence-corrected chi connectivity index (χ0v) is 48.1. The molecule has 6 unspecified atom stereocenters. The molecule has 0 saturated carbocycles. The molecule has 0 aliphatic rings. The summed E-state index contributed by atoms with van der Waals surface area (Å²) in [7, 11) is -5.11. The van der Waals surface area contributed by atoms with Crippen LogP contribution < -0.4 is 0 Å². The van der Waals surface area contributed by atoms with Gasteiger partial charge in [0.1, 0.15) is 24.1 Å². The average molecular weight is 1100 g/mol. The number of aryl methyl sites for hydroxylation is 2. The molecule has 0 saturated heterocycles. The molecule has 0 aromatic heterocycles. The summed E-state index contributed by atoms with van der Waals surface area (Å²) in [4.78, 5) is 2.66. The topological polar surface area (TPSA) is 105 Å². The van der Waals surface area contributed by atoms with Crippen LogP contribution in [-0.2, 0) is 38.6 Å². The molecule has 6 atom stereocenters. The van der Waals surface area contributed by atoms with E-state index >= 15 is 16.8 Å². The number of sulfone groups is 2. The van der Waals surface area contributed by atoms with Gasteiger partial charge in [0.05, 0.1) is 22.0 Å². The molecule has 0 radical (unpaired) electrons. The van der Waals surface area contributed by atoms with Crippen molar-refractivity contribution in [2.24, 2.45) is 0 Å². The summed E-state index contributed by atoms with van der Waals surface area (Å²) in [5, 5.41) is -2.27. The van der Waals surface area contributed by atoms with Crippen molar-refractivity contribution in [3.63, 3.8) is 0 Å². The Balaban J connectivity index is 1.46. The van der Waals surface area contributed by atoms with Gasteiger partial charge in [-0.15, -0.1) is 23.5 Å². The van der Waals surface area contributed by atoms with E-state index in [-0.39, 0.29) is 23.4 Å². The monoisotopic (exact) mass is 1100 g/mol. The van der Waals surface area contributed by atoms with Crippen LogP contribution in [0.2, 0.25) is 0 Å². The Labute approximate surface area is 461 Å². The highest BCUT2D eigenvalue weighted by Crippen LogP contribution is 2.39. The van der Waals surface area contributed by atoms with E-state index < -0.39 is 54.2 Å². The van der Waals surface area contributed by atoms with Gasteiger partial charge >= 0.3 is 0 Å². The quantitative estimate of drug-likeness (QED) is 0.0204. The van der Waals surface area contributed by atoms with Gasteiger partial charge in [-0.2, -0.15) is 0 Å². The van der Waals surface area contributed by atoms with E-state index in [2.05, 4.69) is 36.4 Å². The molecule has 8 nitrogen and oxygen atoms in total. The van der Waals surface area contributed by atoms with Crippen LogP contribution >= 0.6 is 23.5 Å². The molecule has 0 amide bonds. The molecule has 0 spiro atoms. The first-order valence-corrected chi connectivity index (χ1v) is 30.8. The number of ether oxygens (including phenoxy) is 4. The number of hydrogen-bond acceptors (Lipinski definition) is 10. The molecule has 6 rings (SSSR count). The van der Waals surface area contributed by atoms with Crippen molar-refractivity contribution in [2.45, 2.75) is 94.7 Å². The number of benzene rings is 6. The molecule has 0 bridgehead atoms. The van der Waals surface area contributed by atoms with E-state index in [1.807, 2.05) is 149 Å². The Morgan fingerprint density at radius 3 is 1.14 bits per heavy atom. The fourth-order valence-corrected chi connectivity index (χ4v) is 14.1. The molecular weight excluding hydrogens is 1020 g/mol. The Morgan fingerprint density at radius 2 is 0.829 bits per heavy atom. The average Bonchev–Trinajstić information content (AvgIpc) is 3.44. The summed E-state index contributed by atoms with van der Waals surface area (Å²) in [5.74, 6) is -0.999. The maximum Gasteiger partial charge on any atom is 0.187 e. The van der Waals surface area contributed by atoms with Gasteiger partial charge in [0.15, 0.2) is 19.7 Å². The van der Waals surface area contributed by atoms with Crippen molar-refractivity contribution < 1.29 is 35.8 Å². The van der Waals surface area contributed by atoms with Gasteiger partial charge in [-0.3, -0.25) is 0 Å². The minimum Gasteiger partial charge on any atom is -0.359 e. The van der Waals surface area contributed by atoms with Crippen molar-refractivity contribution >= 4 is 55.4 Å². The Bertz CT molecular complexity index is 2880. The summed E-state index contributed by atoms with van der Waals surface area (Å²) in [6.07, 6.45) is 18.5. The normalized spacial score (nSPS) is 15.3. The van der Waals surface area contributed by atoms with E-state index in [1.54, 1.807) is 84.2 Å². The van der Waals surface area contributed by atoms with Crippen LogP contribution in [0.1, 0.15) is 71.9 Å². The smallest absolute Gasteiger partial charge is 0.187 e. The zero-order chi connectivity index (χ0) is 54.5. The van der Waals surface area contributed by atoms with Crippen molar-refractivity contribution in [1.82, 2.24) is 0 Å². The Kier molecular flexibility index (Phi) is 23.4. The van der Waals surface area contributed by atoms with Crippen molar-refractivity contribution in [3.05, 3.63) is 239 Å². The number of methoxy groups -OCH3 is 2. The number of hydrogen-bond donors (Lipinski definition) is 0. The van der Waals surface area contributed by atoms with Gasteiger partial charge in [-0.25, -0.2) is 16.8 Å². The summed E-state index contributed by atoms with van der Waals surface area (Å²) < 4.78 is 85.3. The fourth-order valence-electron chi connectivity index (χ4n) is 9.27. The first-order chi connectivity index (χ1) is 36.7. The van der Waals surface area contributed by atoms with Crippen molar-refractivity contribution in [2.75, 3.05) is 40.3 Å². The van der Waals surface area contributed by atoms with Crippen molar-refractivity contribution in [3.8, 4) is 0 Å². The van der Waals surface area contributed by atoms with Crippen LogP contribution in [0, 0.1) is 13.8 Å². The lowest BCUT2D eigenvalue weighted by atomic mass is 9.84. The lowest BCUT2D eigenvalue weighted by Gasteiger charge is -2.35. The third-order valence-corrected chi connectivity index (χ3v) is 19.3. The van der Waals surface area contributed by atoms with Gasteiger partial charge in [-0.05, 0) is 124 Å². The van der Waals surface area contributed by atoms with Crippen LogP contribution in [-0.4, -0.2) is 79.9 Å². The third kappa shape index (κ3) is 16.5. The highest BCUT2D eigenvalue weighted by atomic mass is 32.2. The highest BCUT2D eigenvalue weighted by molar-refractivity contribution is 7.98. The third-order valence-electron chi connectivity index (χ3n) is 13.3. The maximum absolute atomic E-state index is 15.2. The minimum atomic E-state index is -4.09. The van der Waals surface area contributed by atoms with Crippen LogP contribution in [0.5, 0.6) is 0 Å². The summed E-state index contributed by atoms with van der Waals surface area (Å²) >= 11 is 3.34. The molecular formula is C64H72O8S4. The molecule has 6 aromatic rings. The van der Waals surface area contributed by atoms with E-state index in [1.165, 1.54) is 14.2 Å². The summed E-state index contributed by atoms with van der Waals surface area (Å²) in [5.41, 5.74) is 7.05. The predicted octanol–water partition coefficient (Wildman–Crippen LogP) is 14.9. The van der Waals surface area contributed by atoms with E-state index in [0.29, 0.717) is 24.0 Å². The maximum atomic E-state index is 15.2. The van der Waals surface area contributed by atoms with Gasteiger partial charge in [-0.1, -0.05) is 180 Å². The molecule has 0 aliphatic heterocycles. The zero-order valence-electron chi connectivity index (χ0n) is 44.8. The Hall–Kier alpha value is -5.54. The van der Waals surface area contributed by atoms with Gasteiger partial charge in [0, 0.05) is 35.8 Å². The second kappa shape index (κ2) is 29.8. The van der Waals surface area contributed by atoms with Crippen molar-refractivity contribution in [1.29, 1.82) is 0 Å².